The molecule has 4 nitrogen and oxygen atoms in total. The Balaban J connectivity index is 1.84. The van der Waals surface area contributed by atoms with Crippen molar-refractivity contribution in [2.75, 3.05) is 20.3 Å². The normalized spacial score (nSPS) is 27.7. The molecule has 1 heterocycles. The molecule has 1 saturated heterocycles. The molecule has 0 aromatic carbocycles. The predicted molar refractivity (Wildman–Crippen MR) is 55.5 cm³/mol. The van der Waals surface area contributed by atoms with E-state index in [0.717, 1.165) is 31.9 Å². The molecular weight excluding hydrogens is 194 g/mol. The molecule has 0 radical (unpaired) electrons. The molecule has 0 aromatic heterocycles. The minimum absolute atomic E-state index is 0.0104. The zero-order chi connectivity index (χ0) is 10.7. The highest BCUT2D eigenvalue weighted by molar-refractivity contribution is 5.76. The zero-order valence-corrected chi connectivity index (χ0v) is 9.20. The summed E-state index contributed by atoms with van der Waals surface area (Å²) in [5.41, 5.74) is 0. The largest absolute Gasteiger partial charge is 0.468 e. The van der Waals surface area contributed by atoms with Gasteiger partial charge in [0.1, 0.15) is 6.04 Å². The fourth-order valence-electron chi connectivity index (χ4n) is 1.97. The molecule has 15 heavy (non-hydrogen) atoms. The third-order valence-corrected chi connectivity index (χ3v) is 3.12. The molecule has 0 aromatic rings. The number of hydrogen-bond donors (Lipinski definition) is 1. The van der Waals surface area contributed by atoms with Crippen molar-refractivity contribution >= 4 is 5.97 Å². The lowest BCUT2D eigenvalue weighted by atomic mass is 10.1. The quantitative estimate of drug-likeness (QED) is 0.683. The summed E-state index contributed by atoms with van der Waals surface area (Å²) in [5, 5.41) is 3.27. The van der Waals surface area contributed by atoms with Gasteiger partial charge in [0.05, 0.1) is 13.2 Å². The Morgan fingerprint density at radius 3 is 2.87 bits per heavy atom. The maximum absolute atomic E-state index is 11.6. The van der Waals surface area contributed by atoms with E-state index in [-0.39, 0.29) is 18.1 Å². The van der Waals surface area contributed by atoms with Crippen molar-refractivity contribution in [1.29, 1.82) is 0 Å². The van der Waals surface area contributed by atoms with Crippen molar-refractivity contribution in [3.8, 4) is 0 Å². The Morgan fingerprint density at radius 2 is 2.33 bits per heavy atom. The monoisotopic (exact) mass is 213 g/mol. The Bertz CT molecular complexity index is 222. The fraction of sp³-hybridized carbons (Fsp3) is 0.909. The number of hydrogen-bond acceptors (Lipinski definition) is 4. The Labute approximate surface area is 90.3 Å². The molecule has 4 heteroatoms. The number of esters is 1. The van der Waals surface area contributed by atoms with Crippen molar-refractivity contribution in [2.24, 2.45) is 5.92 Å². The first-order valence-corrected chi connectivity index (χ1v) is 5.74. The van der Waals surface area contributed by atoms with Gasteiger partial charge < -0.3 is 14.8 Å². The molecule has 86 valence electrons. The molecule has 2 rings (SSSR count). The fourth-order valence-corrected chi connectivity index (χ4v) is 1.97. The van der Waals surface area contributed by atoms with Crippen molar-refractivity contribution in [1.82, 2.24) is 5.32 Å². The zero-order valence-electron chi connectivity index (χ0n) is 9.20. The van der Waals surface area contributed by atoms with E-state index in [4.69, 9.17) is 9.47 Å². The SMILES string of the molecule is COC(=O)C(NCC1CC1)C1CCCO1. The standard InChI is InChI=1S/C11H19NO3/c1-14-11(13)10(9-3-2-6-15-9)12-7-8-4-5-8/h8-10,12H,2-7H2,1H3. The van der Waals surface area contributed by atoms with Crippen LogP contribution in [0.5, 0.6) is 0 Å². The van der Waals surface area contributed by atoms with Crippen LogP contribution in [-0.2, 0) is 14.3 Å². The molecule has 1 N–H and O–H groups in total. The summed E-state index contributed by atoms with van der Waals surface area (Å²) < 4.78 is 10.3. The molecule has 1 aliphatic carbocycles. The smallest absolute Gasteiger partial charge is 0.325 e. The highest BCUT2D eigenvalue weighted by Gasteiger charge is 2.33. The minimum Gasteiger partial charge on any atom is -0.468 e. The van der Waals surface area contributed by atoms with Gasteiger partial charge in [0, 0.05) is 6.61 Å². The second kappa shape index (κ2) is 4.94. The highest BCUT2D eigenvalue weighted by atomic mass is 16.5. The first-order chi connectivity index (χ1) is 7.31. The predicted octanol–water partition coefficient (Wildman–Crippen LogP) is 0.707. The maximum Gasteiger partial charge on any atom is 0.325 e. The summed E-state index contributed by atoms with van der Waals surface area (Å²) in [4.78, 5) is 11.6. The van der Waals surface area contributed by atoms with Crippen LogP contribution in [0.2, 0.25) is 0 Å². The van der Waals surface area contributed by atoms with E-state index in [9.17, 15) is 4.79 Å². The van der Waals surface area contributed by atoms with Crippen LogP contribution < -0.4 is 5.32 Å². The van der Waals surface area contributed by atoms with Gasteiger partial charge in [0.15, 0.2) is 0 Å². The molecule has 2 fully saturated rings. The van der Waals surface area contributed by atoms with Gasteiger partial charge in [-0.15, -0.1) is 0 Å². The molecule has 2 unspecified atom stereocenters. The summed E-state index contributed by atoms with van der Waals surface area (Å²) >= 11 is 0. The molecule has 1 aliphatic heterocycles. The minimum atomic E-state index is -0.266. The number of ether oxygens (including phenoxy) is 2. The molecule has 0 spiro atoms. The number of methoxy groups -OCH3 is 1. The molecule has 0 amide bonds. The lowest BCUT2D eigenvalue weighted by Crippen LogP contribution is -2.47. The van der Waals surface area contributed by atoms with Gasteiger partial charge in [-0.05, 0) is 38.1 Å². The van der Waals surface area contributed by atoms with Crippen LogP contribution in [-0.4, -0.2) is 38.4 Å². The Kier molecular flexibility index (Phi) is 3.59. The molecule has 1 saturated carbocycles. The van der Waals surface area contributed by atoms with E-state index in [1.165, 1.54) is 20.0 Å². The van der Waals surface area contributed by atoms with Gasteiger partial charge in [-0.3, -0.25) is 4.79 Å². The van der Waals surface area contributed by atoms with Crippen LogP contribution in [0.25, 0.3) is 0 Å². The van der Waals surface area contributed by atoms with Crippen LogP contribution in [0.3, 0.4) is 0 Å². The van der Waals surface area contributed by atoms with Gasteiger partial charge in [-0.25, -0.2) is 0 Å². The van der Waals surface area contributed by atoms with Gasteiger partial charge in [0.2, 0.25) is 0 Å². The van der Waals surface area contributed by atoms with Crippen LogP contribution in [0, 0.1) is 5.92 Å². The number of carbonyl (C=O) groups excluding carboxylic acids is 1. The first kappa shape index (κ1) is 10.9. The van der Waals surface area contributed by atoms with Crippen LogP contribution in [0.15, 0.2) is 0 Å². The lowest BCUT2D eigenvalue weighted by Gasteiger charge is -2.21. The summed E-state index contributed by atoms with van der Waals surface area (Å²) in [5.74, 6) is 0.570. The number of rotatable bonds is 5. The van der Waals surface area contributed by atoms with Crippen molar-refractivity contribution in [3.63, 3.8) is 0 Å². The molecular formula is C11H19NO3. The van der Waals surface area contributed by atoms with Gasteiger partial charge >= 0.3 is 5.97 Å². The van der Waals surface area contributed by atoms with Crippen LogP contribution >= 0.6 is 0 Å². The van der Waals surface area contributed by atoms with Crippen molar-refractivity contribution in [3.05, 3.63) is 0 Å². The molecule has 0 bridgehead atoms. The average molecular weight is 213 g/mol. The maximum atomic E-state index is 11.6. The van der Waals surface area contributed by atoms with E-state index in [1.54, 1.807) is 0 Å². The van der Waals surface area contributed by atoms with E-state index in [2.05, 4.69) is 5.32 Å². The molecule has 2 atom stereocenters. The van der Waals surface area contributed by atoms with Crippen molar-refractivity contribution < 1.29 is 14.3 Å². The van der Waals surface area contributed by atoms with E-state index < -0.39 is 0 Å². The Hall–Kier alpha value is -0.610. The second-order valence-electron chi connectivity index (χ2n) is 4.40. The first-order valence-electron chi connectivity index (χ1n) is 5.74. The van der Waals surface area contributed by atoms with Gasteiger partial charge in [0.25, 0.3) is 0 Å². The summed E-state index contributed by atoms with van der Waals surface area (Å²) in [6, 6.07) is -0.266. The average Bonchev–Trinajstić information content (AvgIpc) is 2.92. The second-order valence-corrected chi connectivity index (χ2v) is 4.40. The topological polar surface area (TPSA) is 47.6 Å². The highest BCUT2D eigenvalue weighted by Crippen LogP contribution is 2.28. The van der Waals surface area contributed by atoms with E-state index in [1.807, 2.05) is 0 Å². The van der Waals surface area contributed by atoms with E-state index >= 15 is 0 Å². The van der Waals surface area contributed by atoms with E-state index in [0.29, 0.717) is 0 Å². The van der Waals surface area contributed by atoms with Crippen LogP contribution in [0.1, 0.15) is 25.7 Å². The number of nitrogens with one attached hydrogen (secondary N) is 1. The summed E-state index contributed by atoms with van der Waals surface area (Å²) in [6.45, 7) is 1.68. The summed E-state index contributed by atoms with van der Waals surface area (Å²) in [6.07, 6.45) is 4.58. The third-order valence-electron chi connectivity index (χ3n) is 3.12. The van der Waals surface area contributed by atoms with Gasteiger partial charge in [-0.2, -0.15) is 0 Å². The van der Waals surface area contributed by atoms with Crippen molar-refractivity contribution in [2.45, 2.75) is 37.8 Å². The lowest BCUT2D eigenvalue weighted by molar-refractivity contribution is -0.146. The summed E-state index contributed by atoms with van der Waals surface area (Å²) in [7, 11) is 1.43. The van der Waals surface area contributed by atoms with Gasteiger partial charge in [-0.1, -0.05) is 0 Å². The number of carbonyl (C=O) groups is 1. The van der Waals surface area contributed by atoms with Crippen LogP contribution in [0.4, 0.5) is 0 Å². The third kappa shape index (κ3) is 2.92. The Morgan fingerprint density at radius 1 is 1.53 bits per heavy atom. The molecule has 2 aliphatic rings.